The first-order valence-electron chi connectivity index (χ1n) is 7.80. The van der Waals surface area contributed by atoms with E-state index in [2.05, 4.69) is 48.4 Å². The molecule has 110 valence electrons. The topological polar surface area (TPSA) is 15.8 Å². The maximum atomic E-state index is 6.25. The van der Waals surface area contributed by atoms with E-state index in [9.17, 15) is 0 Å². The Labute approximate surface area is 135 Å². The number of hydrogen-bond acceptors (Lipinski definition) is 0. The van der Waals surface area contributed by atoms with Crippen molar-refractivity contribution in [3.8, 4) is 0 Å². The van der Waals surface area contributed by atoms with Crippen LogP contribution in [0.25, 0.3) is 17.0 Å². The second kappa shape index (κ2) is 5.33. The SMILES string of the molecule is CCc1ccc2c(c1)C=C(Cc1c[nH]c3c(Cl)cccc13)C2. The number of aromatic amines is 1. The molecule has 0 atom stereocenters. The Hall–Kier alpha value is -1.99. The Morgan fingerprint density at radius 1 is 1.18 bits per heavy atom. The van der Waals surface area contributed by atoms with Gasteiger partial charge in [-0.2, -0.15) is 0 Å². The van der Waals surface area contributed by atoms with Gasteiger partial charge in [-0.3, -0.25) is 0 Å². The molecule has 0 amide bonds. The van der Waals surface area contributed by atoms with Crippen LogP contribution < -0.4 is 0 Å². The summed E-state index contributed by atoms with van der Waals surface area (Å²) in [5.74, 6) is 0. The molecule has 1 nitrogen and oxygen atoms in total. The highest BCUT2D eigenvalue weighted by Crippen LogP contribution is 2.31. The highest BCUT2D eigenvalue weighted by atomic mass is 35.5. The van der Waals surface area contributed by atoms with Gasteiger partial charge in [0.25, 0.3) is 0 Å². The number of allylic oxidation sites excluding steroid dienone is 1. The Kier molecular flexibility index (Phi) is 3.31. The van der Waals surface area contributed by atoms with Crippen LogP contribution in [0.5, 0.6) is 0 Å². The molecule has 2 heteroatoms. The van der Waals surface area contributed by atoms with E-state index in [1.807, 2.05) is 12.1 Å². The summed E-state index contributed by atoms with van der Waals surface area (Å²) in [5.41, 5.74) is 8.10. The number of hydrogen-bond donors (Lipinski definition) is 1. The van der Waals surface area contributed by atoms with Crippen LogP contribution >= 0.6 is 11.6 Å². The zero-order chi connectivity index (χ0) is 15.1. The van der Waals surface area contributed by atoms with Crippen LogP contribution in [0.2, 0.25) is 5.02 Å². The lowest BCUT2D eigenvalue weighted by Crippen LogP contribution is -1.90. The molecular formula is C20H18ClN. The van der Waals surface area contributed by atoms with Gasteiger partial charge in [-0.15, -0.1) is 0 Å². The second-order valence-electron chi connectivity index (χ2n) is 6.02. The quantitative estimate of drug-likeness (QED) is 0.651. The molecule has 1 aliphatic rings. The molecule has 0 saturated carbocycles. The predicted octanol–water partition coefficient (Wildman–Crippen LogP) is 5.57. The molecule has 3 aromatic rings. The highest BCUT2D eigenvalue weighted by Gasteiger charge is 2.15. The number of fused-ring (bicyclic) bond motifs is 2. The summed E-state index contributed by atoms with van der Waals surface area (Å²) < 4.78 is 0. The number of benzene rings is 2. The van der Waals surface area contributed by atoms with E-state index in [1.165, 1.54) is 33.2 Å². The van der Waals surface area contributed by atoms with Gasteiger partial charge in [-0.1, -0.05) is 60.5 Å². The molecule has 0 saturated heterocycles. The van der Waals surface area contributed by atoms with Crippen molar-refractivity contribution >= 4 is 28.6 Å². The molecule has 1 aliphatic carbocycles. The van der Waals surface area contributed by atoms with Crippen molar-refractivity contribution in [2.24, 2.45) is 0 Å². The number of aromatic nitrogens is 1. The third-order valence-electron chi connectivity index (χ3n) is 4.56. The molecule has 0 radical (unpaired) electrons. The third kappa shape index (κ3) is 2.26. The van der Waals surface area contributed by atoms with Crippen molar-refractivity contribution in [3.05, 3.63) is 75.4 Å². The fourth-order valence-electron chi connectivity index (χ4n) is 3.36. The second-order valence-corrected chi connectivity index (χ2v) is 6.43. The van der Waals surface area contributed by atoms with Crippen molar-refractivity contribution in [1.29, 1.82) is 0 Å². The lowest BCUT2D eigenvalue weighted by molar-refractivity contribution is 1.07. The molecular weight excluding hydrogens is 290 g/mol. The maximum absolute atomic E-state index is 6.25. The van der Waals surface area contributed by atoms with Crippen LogP contribution in [-0.2, 0) is 19.3 Å². The minimum Gasteiger partial charge on any atom is -0.360 e. The van der Waals surface area contributed by atoms with Crippen LogP contribution in [0.15, 0.2) is 48.2 Å². The van der Waals surface area contributed by atoms with E-state index >= 15 is 0 Å². The molecule has 0 fully saturated rings. The molecule has 22 heavy (non-hydrogen) atoms. The van der Waals surface area contributed by atoms with Crippen molar-refractivity contribution in [2.45, 2.75) is 26.2 Å². The summed E-state index contributed by atoms with van der Waals surface area (Å²) in [4.78, 5) is 3.31. The van der Waals surface area contributed by atoms with E-state index in [4.69, 9.17) is 11.6 Å². The van der Waals surface area contributed by atoms with Crippen molar-refractivity contribution < 1.29 is 0 Å². The fourth-order valence-corrected chi connectivity index (χ4v) is 3.58. The largest absolute Gasteiger partial charge is 0.360 e. The normalized spacial score (nSPS) is 13.5. The van der Waals surface area contributed by atoms with Crippen molar-refractivity contribution in [2.75, 3.05) is 0 Å². The minimum absolute atomic E-state index is 0.792. The zero-order valence-corrected chi connectivity index (χ0v) is 13.4. The highest BCUT2D eigenvalue weighted by molar-refractivity contribution is 6.35. The van der Waals surface area contributed by atoms with E-state index in [-0.39, 0.29) is 0 Å². The molecule has 1 heterocycles. The van der Waals surface area contributed by atoms with Crippen molar-refractivity contribution in [3.63, 3.8) is 0 Å². The van der Waals surface area contributed by atoms with E-state index in [0.29, 0.717) is 0 Å². The average molecular weight is 308 g/mol. The number of halogens is 1. The minimum atomic E-state index is 0.792. The smallest absolute Gasteiger partial charge is 0.0647 e. The van der Waals surface area contributed by atoms with Gasteiger partial charge in [0.2, 0.25) is 0 Å². The lowest BCUT2D eigenvalue weighted by atomic mass is 10.0. The van der Waals surface area contributed by atoms with Gasteiger partial charge in [0.15, 0.2) is 0 Å². The number of nitrogens with one attached hydrogen (secondary N) is 1. The molecule has 0 unspecified atom stereocenters. The molecule has 4 rings (SSSR count). The van der Waals surface area contributed by atoms with Gasteiger partial charge < -0.3 is 4.98 Å². The van der Waals surface area contributed by atoms with E-state index in [1.54, 1.807) is 0 Å². The molecule has 1 N–H and O–H groups in total. The number of aryl methyl sites for hydroxylation is 1. The first-order chi connectivity index (χ1) is 10.7. The molecule has 1 aromatic heterocycles. The van der Waals surface area contributed by atoms with E-state index < -0.39 is 0 Å². The van der Waals surface area contributed by atoms with Crippen molar-refractivity contribution in [1.82, 2.24) is 4.98 Å². The van der Waals surface area contributed by atoms with Crippen LogP contribution in [0.3, 0.4) is 0 Å². The summed E-state index contributed by atoms with van der Waals surface area (Å²) in [6.45, 7) is 2.21. The number of H-pyrrole nitrogens is 1. The molecule has 2 aromatic carbocycles. The lowest BCUT2D eigenvalue weighted by Gasteiger charge is -2.02. The monoisotopic (exact) mass is 307 g/mol. The third-order valence-corrected chi connectivity index (χ3v) is 4.88. The van der Waals surface area contributed by atoms with Gasteiger partial charge >= 0.3 is 0 Å². The summed E-state index contributed by atoms with van der Waals surface area (Å²) in [7, 11) is 0. The van der Waals surface area contributed by atoms with Gasteiger partial charge in [-0.25, -0.2) is 0 Å². The summed E-state index contributed by atoms with van der Waals surface area (Å²) in [6, 6.07) is 13.0. The van der Waals surface area contributed by atoms with Crippen LogP contribution in [0.1, 0.15) is 29.2 Å². The fraction of sp³-hybridized carbons (Fsp3) is 0.200. The first-order valence-corrected chi connectivity index (χ1v) is 8.18. The summed E-state index contributed by atoms with van der Waals surface area (Å²) >= 11 is 6.25. The molecule has 0 spiro atoms. The number of para-hydroxylation sites is 1. The molecule has 0 bridgehead atoms. The van der Waals surface area contributed by atoms with E-state index in [0.717, 1.165) is 29.8 Å². The Morgan fingerprint density at radius 2 is 2.09 bits per heavy atom. The summed E-state index contributed by atoms with van der Waals surface area (Å²) in [5, 5.41) is 2.03. The van der Waals surface area contributed by atoms with Crippen LogP contribution in [0.4, 0.5) is 0 Å². The summed E-state index contributed by atoms with van der Waals surface area (Å²) in [6.07, 6.45) is 7.59. The molecule has 0 aliphatic heterocycles. The standard InChI is InChI=1S/C20H18ClN/c1-2-13-6-7-15-9-14(10-16(15)8-13)11-17-12-22-20-18(17)4-3-5-19(20)21/h3-8,10,12,22H,2,9,11H2,1H3. The van der Waals surface area contributed by atoms with Crippen LogP contribution in [0, 0.1) is 0 Å². The number of rotatable bonds is 3. The van der Waals surface area contributed by atoms with Gasteiger partial charge in [0.1, 0.15) is 0 Å². The average Bonchev–Trinajstić information content (AvgIpc) is 3.11. The van der Waals surface area contributed by atoms with Gasteiger partial charge in [0, 0.05) is 11.6 Å². The van der Waals surface area contributed by atoms with Gasteiger partial charge in [0.05, 0.1) is 10.5 Å². The van der Waals surface area contributed by atoms with Crippen LogP contribution in [-0.4, -0.2) is 4.98 Å². The van der Waals surface area contributed by atoms with Gasteiger partial charge in [-0.05, 0) is 47.6 Å². The zero-order valence-electron chi connectivity index (χ0n) is 12.6. The Balaban J connectivity index is 1.65. The first kappa shape index (κ1) is 13.7. The predicted molar refractivity (Wildman–Crippen MR) is 94.5 cm³/mol. The Bertz CT molecular complexity index is 886. The Morgan fingerprint density at radius 3 is 2.95 bits per heavy atom. The maximum Gasteiger partial charge on any atom is 0.0647 e.